The fraction of sp³-hybridized carbons (Fsp3) is 0.143. The molecule has 0 aliphatic heterocycles. The lowest BCUT2D eigenvalue weighted by molar-refractivity contribution is -0.131. The van der Waals surface area contributed by atoms with Crippen molar-refractivity contribution in [2.45, 2.75) is 13.8 Å². The quantitative estimate of drug-likeness (QED) is 0.451. The van der Waals surface area contributed by atoms with Crippen LogP contribution in [0.5, 0.6) is 5.75 Å². The molecule has 0 aliphatic carbocycles. The van der Waals surface area contributed by atoms with E-state index in [1.165, 1.54) is 13.8 Å². The highest BCUT2D eigenvalue weighted by atomic mass is 16.5. The van der Waals surface area contributed by atoms with Crippen molar-refractivity contribution >= 4 is 22.5 Å². The standard InChI is InChI=1S/C14H12O3/c1-9(15)12-4-3-11-5-6-14(17-10(2)16)8-13(11)7-12/h3-8H,1-2H3. The van der Waals surface area contributed by atoms with Crippen molar-refractivity contribution in [2.24, 2.45) is 0 Å². The molecule has 0 saturated carbocycles. The van der Waals surface area contributed by atoms with E-state index in [-0.39, 0.29) is 11.8 Å². The maximum Gasteiger partial charge on any atom is 0.308 e. The molecule has 0 saturated heterocycles. The van der Waals surface area contributed by atoms with Gasteiger partial charge >= 0.3 is 5.97 Å². The SMILES string of the molecule is CC(=O)Oc1ccc2ccc(C(C)=O)cc2c1. The minimum Gasteiger partial charge on any atom is -0.427 e. The number of esters is 1. The van der Waals surface area contributed by atoms with Gasteiger partial charge < -0.3 is 4.74 Å². The first-order valence-electron chi connectivity index (χ1n) is 5.29. The molecule has 0 spiro atoms. The van der Waals surface area contributed by atoms with Gasteiger partial charge in [-0.05, 0) is 35.9 Å². The molecule has 0 bridgehead atoms. The Morgan fingerprint density at radius 1 is 0.941 bits per heavy atom. The van der Waals surface area contributed by atoms with Crippen molar-refractivity contribution in [3.8, 4) is 5.75 Å². The van der Waals surface area contributed by atoms with Crippen LogP contribution in [0.4, 0.5) is 0 Å². The van der Waals surface area contributed by atoms with Crippen LogP contribution in [-0.4, -0.2) is 11.8 Å². The van der Waals surface area contributed by atoms with E-state index in [0.29, 0.717) is 11.3 Å². The number of ether oxygens (including phenoxy) is 1. The Morgan fingerprint density at radius 3 is 2.29 bits per heavy atom. The van der Waals surface area contributed by atoms with Crippen molar-refractivity contribution < 1.29 is 14.3 Å². The molecule has 0 atom stereocenters. The zero-order valence-electron chi connectivity index (χ0n) is 9.69. The van der Waals surface area contributed by atoms with E-state index in [9.17, 15) is 9.59 Å². The smallest absolute Gasteiger partial charge is 0.308 e. The molecule has 0 aliphatic rings. The lowest BCUT2D eigenvalue weighted by Gasteiger charge is -2.04. The molecule has 0 heterocycles. The van der Waals surface area contributed by atoms with Gasteiger partial charge in [-0.3, -0.25) is 9.59 Å². The maximum absolute atomic E-state index is 11.3. The van der Waals surface area contributed by atoms with Crippen LogP contribution in [0.1, 0.15) is 24.2 Å². The van der Waals surface area contributed by atoms with E-state index in [1.54, 1.807) is 24.3 Å². The van der Waals surface area contributed by atoms with Crippen LogP contribution in [0.3, 0.4) is 0 Å². The zero-order chi connectivity index (χ0) is 12.4. The number of carbonyl (C=O) groups is 2. The zero-order valence-corrected chi connectivity index (χ0v) is 9.69. The summed E-state index contributed by atoms with van der Waals surface area (Å²) in [6, 6.07) is 10.8. The predicted octanol–water partition coefficient (Wildman–Crippen LogP) is 2.97. The van der Waals surface area contributed by atoms with Gasteiger partial charge in [0.25, 0.3) is 0 Å². The fourth-order valence-electron chi connectivity index (χ4n) is 1.67. The second-order valence-corrected chi connectivity index (χ2v) is 3.87. The summed E-state index contributed by atoms with van der Waals surface area (Å²) in [5.74, 6) is 0.155. The number of Topliss-reactive ketones (excluding diaryl/α,β-unsaturated/α-hetero) is 1. The van der Waals surface area contributed by atoms with Crippen molar-refractivity contribution in [2.75, 3.05) is 0 Å². The third-order valence-electron chi connectivity index (χ3n) is 2.48. The van der Waals surface area contributed by atoms with Gasteiger partial charge in [0.1, 0.15) is 5.75 Å². The van der Waals surface area contributed by atoms with Crippen LogP contribution in [0.25, 0.3) is 10.8 Å². The summed E-state index contributed by atoms with van der Waals surface area (Å²) < 4.78 is 5.00. The van der Waals surface area contributed by atoms with E-state index in [0.717, 1.165) is 10.8 Å². The lowest BCUT2D eigenvalue weighted by atomic mass is 10.0. The van der Waals surface area contributed by atoms with Crippen LogP contribution in [0.2, 0.25) is 0 Å². The number of carbonyl (C=O) groups excluding carboxylic acids is 2. The highest BCUT2D eigenvalue weighted by molar-refractivity contribution is 5.98. The number of benzene rings is 2. The first kappa shape index (κ1) is 11.3. The molecule has 0 unspecified atom stereocenters. The average Bonchev–Trinajstić information content (AvgIpc) is 2.27. The molecule has 0 aromatic heterocycles. The van der Waals surface area contributed by atoms with Crippen LogP contribution in [0.15, 0.2) is 36.4 Å². The van der Waals surface area contributed by atoms with E-state index in [4.69, 9.17) is 4.74 Å². The molecule has 86 valence electrons. The van der Waals surface area contributed by atoms with Crippen LogP contribution in [-0.2, 0) is 4.79 Å². The van der Waals surface area contributed by atoms with Crippen molar-refractivity contribution in [1.29, 1.82) is 0 Å². The van der Waals surface area contributed by atoms with Gasteiger partial charge in [0.15, 0.2) is 5.78 Å². The Hall–Kier alpha value is -2.16. The molecule has 2 aromatic rings. The van der Waals surface area contributed by atoms with Gasteiger partial charge in [0.05, 0.1) is 0 Å². The predicted molar refractivity (Wildman–Crippen MR) is 65.3 cm³/mol. The van der Waals surface area contributed by atoms with Crippen molar-refractivity contribution in [1.82, 2.24) is 0 Å². The topological polar surface area (TPSA) is 43.4 Å². The Balaban J connectivity index is 2.50. The third-order valence-corrected chi connectivity index (χ3v) is 2.48. The van der Waals surface area contributed by atoms with Gasteiger partial charge in [-0.2, -0.15) is 0 Å². The minimum atomic E-state index is -0.355. The van der Waals surface area contributed by atoms with Crippen LogP contribution >= 0.6 is 0 Å². The highest BCUT2D eigenvalue weighted by Gasteiger charge is 2.03. The van der Waals surface area contributed by atoms with Crippen LogP contribution < -0.4 is 4.74 Å². The van der Waals surface area contributed by atoms with E-state index in [2.05, 4.69) is 0 Å². The second-order valence-electron chi connectivity index (χ2n) is 3.87. The monoisotopic (exact) mass is 228 g/mol. The number of hydrogen-bond donors (Lipinski definition) is 0. The Bertz CT molecular complexity index is 599. The van der Waals surface area contributed by atoms with Gasteiger partial charge in [-0.25, -0.2) is 0 Å². The van der Waals surface area contributed by atoms with Gasteiger partial charge in [0, 0.05) is 12.5 Å². The first-order valence-corrected chi connectivity index (χ1v) is 5.29. The van der Waals surface area contributed by atoms with E-state index >= 15 is 0 Å². The Morgan fingerprint density at radius 2 is 1.65 bits per heavy atom. The molecule has 17 heavy (non-hydrogen) atoms. The number of ketones is 1. The number of rotatable bonds is 2. The first-order chi connectivity index (χ1) is 8.06. The molecule has 0 fully saturated rings. The molecule has 3 heteroatoms. The normalized spacial score (nSPS) is 10.2. The average molecular weight is 228 g/mol. The minimum absolute atomic E-state index is 0.0183. The summed E-state index contributed by atoms with van der Waals surface area (Å²) in [4.78, 5) is 22.1. The third kappa shape index (κ3) is 2.50. The molecular weight excluding hydrogens is 216 g/mol. The second kappa shape index (κ2) is 4.37. The summed E-state index contributed by atoms with van der Waals surface area (Å²) in [6.45, 7) is 2.88. The lowest BCUT2D eigenvalue weighted by Crippen LogP contribution is -2.01. The molecule has 3 nitrogen and oxygen atoms in total. The fourth-order valence-corrected chi connectivity index (χ4v) is 1.67. The van der Waals surface area contributed by atoms with Crippen LogP contribution in [0, 0.1) is 0 Å². The van der Waals surface area contributed by atoms with Gasteiger partial charge in [0.2, 0.25) is 0 Å². The highest BCUT2D eigenvalue weighted by Crippen LogP contribution is 2.22. The summed E-state index contributed by atoms with van der Waals surface area (Å²) in [7, 11) is 0. The van der Waals surface area contributed by atoms with E-state index in [1.807, 2.05) is 12.1 Å². The van der Waals surface area contributed by atoms with Gasteiger partial charge in [-0.1, -0.05) is 18.2 Å². The molecule has 0 amide bonds. The molecular formula is C14H12O3. The molecule has 2 rings (SSSR count). The molecule has 2 aromatic carbocycles. The largest absolute Gasteiger partial charge is 0.427 e. The van der Waals surface area contributed by atoms with Crippen molar-refractivity contribution in [3.05, 3.63) is 42.0 Å². The van der Waals surface area contributed by atoms with Gasteiger partial charge in [-0.15, -0.1) is 0 Å². The maximum atomic E-state index is 11.3. The summed E-state index contributed by atoms with van der Waals surface area (Å²) in [5.41, 5.74) is 0.650. The number of hydrogen-bond acceptors (Lipinski definition) is 3. The number of fused-ring (bicyclic) bond motifs is 1. The summed E-state index contributed by atoms with van der Waals surface area (Å²) in [5, 5.41) is 1.89. The Kier molecular flexibility index (Phi) is 2.91. The van der Waals surface area contributed by atoms with E-state index < -0.39 is 0 Å². The summed E-state index contributed by atoms with van der Waals surface area (Å²) >= 11 is 0. The Labute approximate surface area is 99.0 Å². The molecule has 0 N–H and O–H groups in total. The van der Waals surface area contributed by atoms with Crippen molar-refractivity contribution in [3.63, 3.8) is 0 Å². The molecule has 0 radical (unpaired) electrons. The summed E-state index contributed by atoms with van der Waals surface area (Å²) in [6.07, 6.45) is 0.